The fourth-order valence-electron chi connectivity index (χ4n) is 6.86. The number of rotatable bonds is 3. The minimum absolute atomic E-state index is 0.0411. The Kier molecular flexibility index (Phi) is 8.64. The molecule has 2 saturated heterocycles. The van der Waals surface area contributed by atoms with Gasteiger partial charge >= 0.3 is 0 Å². The number of aliphatic hydroxyl groups excluding tert-OH is 1. The summed E-state index contributed by atoms with van der Waals surface area (Å²) in [5, 5.41) is 10.6. The van der Waals surface area contributed by atoms with Crippen LogP contribution in [0.4, 0.5) is 0 Å². The number of carbonyl (C=O) groups is 1. The van der Waals surface area contributed by atoms with Crippen LogP contribution in [-0.2, 0) is 14.8 Å². The summed E-state index contributed by atoms with van der Waals surface area (Å²) in [7, 11) is -1.86. The average molecular weight is 549 g/mol. The van der Waals surface area contributed by atoms with Crippen molar-refractivity contribution in [3.05, 3.63) is 23.8 Å². The Morgan fingerprint density at radius 3 is 2.53 bits per heavy atom. The summed E-state index contributed by atoms with van der Waals surface area (Å²) in [5.41, 5.74) is 1.05. The third-order valence-electron chi connectivity index (χ3n) is 9.07. The molecule has 38 heavy (non-hydrogen) atoms. The highest BCUT2D eigenvalue weighted by molar-refractivity contribution is 7.89. The molecule has 10 heteroatoms. The first kappa shape index (κ1) is 27.8. The Morgan fingerprint density at radius 2 is 1.82 bits per heavy atom. The van der Waals surface area contributed by atoms with E-state index in [0.29, 0.717) is 31.3 Å². The highest BCUT2D eigenvalue weighted by atomic mass is 32.2. The van der Waals surface area contributed by atoms with Crippen LogP contribution in [0.5, 0.6) is 5.75 Å². The van der Waals surface area contributed by atoms with Crippen LogP contribution < -0.4 is 9.46 Å². The van der Waals surface area contributed by atoms with E-state index < -0.39 is 16.1 Å². The molecule has 3 aliphatic heterocycles. The van der Waals surface area contributed by atoms with E-state index in [-0.39, 0.29) is 35.4 Å². The van der Waals surface area contributed by atoms with Crippen molar-refractivity contribution < 1.29 is 23.1 Å². The summed E-state index contributed by atoms with van der Waals surface area (Å²) in [6, 6.07) is 5.52. The number of nitrogens with zero attached hydrogens (tertiary/aromatic N) is 3. The van der Waals surface area contributed by atoms with Crippen LogP contribution in [0.1, 0.15) is 63.4 Å². The van der Waals surface area contributed by atoms with E-state index in [9.17, 15) is 18.3 Å². The Morgan fingerprint density at radius 1 is 1.08 bits per heavy atom. The molecule has 1 aliphatic carbocycles. The molecule has 0 aromatic heterocycles. The Balaban J connectivity index is 1.42. The van der Waals surface area contributed by atoms with Gasteiger partial charge in [0.1, 0.15) is 16.7 Å². The monoisotopic (exact) mass is 548 g/mol. The molecule has 1 aromatic carbocycles. The maximum Gasteiger partial charge on any atom is 0.244 e. The van der Waals surface area contributed by atoms with Crippen LogP contribution in [0.3, 0.4) is 0 Å². The smallest absolute Gasteiger partial charge is 0.244 e. The van der Waals surface area contributed by atoms with Gasteiger partial charge in [0.25, 0.3) is 0 Å². The van der Waals surface area contributed by atoms with Crippen molar-refractivity contribution in [2.24, 2.45) is 5.92 Å². The molecule has 1 amide bonds. The lowest BCUT2D eigenvalue weighted by Crippen LogP contribution is -2.47. The van der Waals surface area contributed by atoms with Crippen LogP contribution >= 0.6 is 0 Å². The number of amides is 1. The van der Waals surface area contributed by atoms with E-state index in [2.05, 4.69) is 14.5 Å². The van der Waals surface area contributed by atoms with Crippen LogP contribution in [0.25, 0.3) is 0 Å². The molecule has 0 unspecified atom stereocenters. The van der Waals surface area contributed by atoms with Gasteiger partial charge in [0.05, 0.1) is 12.1 Å². The number of hydrogen-bond donors (Lipinski definition) is 2. The summed E-state index contributed by atoms with van der Waals surface area (Å²) >= 11 is 0. The van der Waals surface area contributed by atoms with Gasteiger partial charge in [0.2, 0.25) is 15.9 Å². The lowest BCUT2D eigenvalue weighted by Gasteiger charge is -2.32. The quantitative estimate of drug-likeness (QED) is 0.596. The zero-order chi connectivity index (χ0) is 26.9. The van der Waals surface area contributed by atoms with E-state index in [1.807, 2.05) is 24.1 Å². The van der Waals surface area contributed by atoms with Gasteiger partial charge in [-0.1, -0.05) is 25.3 Å². The van der Waals surface area contributed by atoms with Gasteiger partial charge in [-0.25, -0.2) is 13.1 Å². The maximum absolute atomic E-state index is 13.3. The van der Waals surface area contributed by atoms with Crippen molar-refractivity contribution >= 4 is 15.9 Å². The van der Waals surface area contributed by atoms with Gasteiger partial charge in [-0.3, -0.25) is 14.6 Å². The van der Waals surface area contributed by atoms with E-state index in [4.69, 9.17) is 4.74 Å². The van der Waals surface area contributed by atoms with E-state index in [0.717, 1.165) is 38.0 Å². The van der Waals surface area contributed by atoms with Crippen molar-refractivity contribution in [2.75, 3.05) is 52.9 Å². The number of nitrogens with one attached hydrogen (secondary N) is 1. The molecule has 0 spiro atoms. The maximum atomic E-state index is 13.3. The fourth-order valence-corrected chi connectivity index (χ4v) is 8.04. The SMILES string of the molecule is CC(=O)N1CCC(c2ccc3c(c2)O[C@H]2CN(CC4CCCCC4)C[C@H]2N(C)C[C@@H](O)CNS3(=O)=O)CC1. The highest BCUT2D eigenvalue weighted by Crippen LogP contribution is 2.36. The predicted molar refractivity (Wildman–Crippen MR) is 146 cm³/mol. The van der Waals surface area contributed by atoms with Crippen LogP contribution in [0, 0.1) is 5.92 Å². The molecule has 2 N–H and O–H groups in total. The van der Waals surface area contributed by atoms with E-state index >= 15 is 0 Å². The zero-order valence-corrected chi connectivity index (χ0v) is 23.7. The first-order valence-electron chi connectivity index (χ1n) is 14.4. The van der Waals surface area contributed by atoms with Gasteiger partial charge in [-0.05, 0) is 62.3 Å². The fraction of sp³-hybridized carbons (Fsp3) is 0.750. The second-order valence-electron chi connectivity index (χ2n) is 11.9. The summed E-state index contributed by atoms with van der Waals surface area (Å²) in [4.78, 5) is 18.4. The largest absolute Gasteiger partial charge is 0.486 e. The number of carbonyl (C=O) groups excluding carboxylic acids is 1. The molecule has 5 rings (SSSR count). The lowest BCUT2D eigenvalue weighted by atomic mass is 9.89. The van der Waals surface area contributed by atoms with Gasteiger partial charge in [-0.2, -0.15) is 0 Å². The molecule has 1 aromatic rings. The minimum atomic E-state index is -3.86. The summed E-state index contributed by atoms with van der Waals surface area (Å²) < 4.78 is 35.9. The molecule has 1 saturated carbocycles. The van der Waals surface area contributed by atoms with Gasteiger partial charge in [0, 0.05) is 52.7 Å². The number of likely N-dealkylation sites (N-methyl/N-ethyl adjacent to an activating group) is 1. The van der Waals surface area contributed by atoms with Crippen molar-refractivity contribution in [3.63, 3.8) is 0 Å². The molecule has 9 nitrogen and oxygen atoms in total. The number of ether oxygens (including phenoxy) is 1. The summed E-state index contributed by atoms with van der Waals surface area (Å²) in [6.07, 6.45) is 7.19. The standard InChI is InChI=1S/C28H44N4O5S/c1-20(33)32-12-10-22(11-13-32)23-8-9-28-26(14-23)37-27-19-31(16-21-6-4-3-5-7-21)18-25(27)30(2)17-24(34)15-29-38(28,35)36/h8-9,14,21-22,24-25,27,29,34H,3-7,10-13,15-19H2,1-2H3/t24-,25+,27-/m0/s1. The average Bonchev–Trinajstić information content (AvgIpc) is 3.29. The predicted octanol–water partition coefficient (Wildman–Crippen LogP) is 2.01. The minimum Gasteiger partial charge on any atom is -0.486 e. The van der Waals surface area contributed by atoms with Crippen LogP contribution in [-0.4, -0.2) is 105 Å². The number of hydrogen-bond acceptors (Lipinski definition) is 7. The molecular formula is C28H44N4O5S. The third kappa shape index (κ3) is 6.36. The molecule has 4 aliphatic rings. The second kappa shape index (κ2) is 11.8. The topological polar surface area (TPSA) is 102 Å². The van der Waals surface area contributed by atoms with E-state index in [1.54, 1.807) is 13.0 Å². The molecule has 3 fully saturated rings. The van der Waals surface area contributed by atoms with Gasteiger partial charge in [-0.15, -0.1) is 0 Å². The van der Waals surface area contributed by atoms with Gasteiger partial charge < -0.3 is 14.7 Å². The number of piperidine rings is 1. The van der Waals surface area contributed by atoms with Gasteiger partial charge in [0.15, 0.2) is 0 Å². The normalized spacial score (nSPS) is 30.2. The second-order valence-corrected chi connectivity index (χ2v) is 13.6. The summed E-state index contributed by atoms with van der Waals surface area (Å²) in [5.74, 6) is 1.45. The molecule has 0 bridgehead atoms. The van der Waals surface area contributed by atoms with Crippen molar-refractivity contribution in [1.29, 1.82) is 0 Å². The number of aliphatic hydroxyl groups is 1. The zero-order valence-electron chi connectivity index (χ0n) is 22.8. The Bertz CT molecular complexity index is 1080. The number of benzene rings is 1. The molecule has 212 valence electrons. The first-order valence-corrected chi connectivity index (χ1v) is 15.8. The van der Waals surface area contributed by atoms with Crippen LogP contribution in [0.15, 0.2) is 23.1 Å². The number of β-amino-alcohol motifs (C(OH)–C–C–N with tert-alkyl or cyclic N) is 1. The number of fused-ring (bicyclic) bond motifs is 2. The number of sulfonamides is 1. The molecular weight excluding hydrogens is 504 g/mol. The molecule has 3 heterocycles. The Labute approximate surface area is 227 Å². The lowest BCUT2D eigenvalue weighted by molar-refractivity contribution is -0.129. The van der Waals surface area contributed by atoms with Crippen LogP contribution in [0.2, 0.25) is 0 Å². The summed E-state index contributed by atoms with van der Waals surface area (Å²) in [6.45, 7) is 6.01. The Hall–Kier alpha value is -1.72. The third-order valence-corrected chi connectivity index (χ3v) is 10.5. The van der Waals surface area contributed by atoms with Crippen molar-refractivity contribution in [2.45, 2.75) is 80.9 Å². The molecule has 0 radical (unpaired) electrons. The van der Waals surface area contributed by atoms with E-state index in [1.165, 1.54) is 32.1 Å². The van der Waals surface area contributed by atoms with Crippen molar-refractivity contribution in [1.82, 2.24) is 19.4 Å². The van der Waals surface area contributed by atoms with Crippen molar-refractivity contribution in [3.8, 4) is 5.75 Å². The molecule has 3 atom stereocenters. The first-order chi connectivity index (χ1) is 18.2. The number of likely N-dealkylation sites (tertiary alicyclic amines) is 2. The highest BCUT2D eigenvalue weighted by Gasteiger charge is 2.40.